The van der Waals surface area contributed by atoms with Crippen LogP contribution >= 0.6 is 22.6 Å². The van der Waals surface area contributed by atoms with Crippen LogP contribution in [0.15, 0.2) is 24.4 Å². The summed E-state index contributed by atoms with van der Waals surface area (Å²) in [5, 5.41) is 11.1. The molecule has 2 rings (SSSR count). The Morgan fingerprint density at radius 2 is 2.20 bits per heavy atom. The van der Waals surface area contributed by atoms with Gasteiger partial charge in [-0.2, -0.15) is 0 Å². The quantitative estimate of drug-likeness (QED) is 0.786. The topological polar surface area (TPSA) is 76.2 Å². The average molecular weight is 314 g/mol. The molecule has 15 heavy (non-hydrogen) atoms. The molecule has 0 fully saturated rings. The number of pyridine rings is 1. The fourth-order valence-corrected chi connectivity index (χ4v) is 1.87. The number of nitrogens with two attached hydrogens (primary N) is 1. The lowest BCUT2D eigenvalue weighted by Gasteiger charge is -2.04. The zero-order chi connectivity index (χ0) is 11.0. The maximum absolute atomic E-state index is 10.9. The molecule has 0 radical (unpaired) electrons. The van der Waals surface area contributed by atoms with Crippen molar-refractivity contribution >= 4 is 39.3 Å². The van der Waals surface area contributed by atoms with Gasteiger partial charge in [0.1, 0.15) is 0 Å². The summed E-state index contributed by atoms with van der Waals surface area (Å²) in [4.78, 5) is 14.7. The van der Waals surface area contributed by atoms with Crippen molar-refractivity contribution in [2.75, 3.05) is 0 Å². The largest absolute Gasteiger partial charge is 0.505 e. The number of rotatable bonds is 1. The van der Waals surface area contributed by atoms with Crippen LogP contribution in [0.5, 0.6) is 5.75 Å². The third kappa shape index (κ3) is 1.74. The van der Waals surface area contributed by atoms with Gasteiger partial charge in [0.15, 0.2) is 11.4 Å². The summed E-state index contributed by atoms with van der Waals surface area (Å²) in [6.45, 7) is 0. The minimum atomic E-state index is -0.729. The molecule has 5 heteroatoms. The highest BCUT2D eigenvalue weighted by Crippen LogP contribution is 2.27. The predicted octanol–water partition coefficient (Wildman–Crippen LogP) is 1.64. The highest BCUT2D eigenvalue weighted by Gasteiger charge is 2.12. The van der Waals surface area contributed by atoms with E-state index in [-0.39, 0.29) is 11.4 Å². The van der Waals surface area contributed by atoms with Crippen molar-refractivity contribution in [1.29, 1.82) is 0 Å². The summed E-state index contributed by atoms with van der Waals surface area (Å²) < 4.78 is 1.04. The predicted molar refractivity (Wildman–Crippen MR) is 64.6 cm³/mol. The smallest absolute Gasteiger partial charge is 0.271 e. The Bertz CT molecular complexity index is 554. The summed E-state index contributed by atoms with van der Waals surface area (Å²) >= 11 is 2.16. The summed E-state index contributed by atoms with van der Waals surface area (Å²) in [6, 6.07) is 5.45. The number of nitrogens with zero attached hydrogens (tertiary/aromatic N) is 1. The minimum absolute atomic E-state index is 0.0938. The molecular formula is C10H7IN2O2. The van der Waals surface area contributed by atoms with Crippen molar-refractivity contribution in [1.82, 2.24) is 4.98 Å². The van der Waals surface area contributed by atoms with Gasteiger partial charge in [0, 0.05) is 20.5 Å². The van der Waals surface area contributed by atoms with E-state index < -0.39 is 5.91 Å². The number of carbonyl (C=O) groups is 1. The average Bonchev–Trinajstić information content (AvgIpc) is 2.17. The number of aromatic hydroxyl groups is 1. The van der Waals surface area contributed by atoms with E-state index in [4.69, 9.17) is 5.73 Å². The third-order valence-corrected chi connectivity index (χ3v) is 2.73. The van der Waals surface area contributed by atoms with Gasteiger partial charge in [-0.25, -0.2) is 4.98 Å². The van der Waals surface area contributed by atoms with E-state index in [1.807, 2.05) is 12.1 Å². The number of aromatic nitrogens is 1. The fraction of sp³-hybridized carbons (Fsp3) is 0. The number of hydrogen-bond donors (Lipinski definition) is 2. The SMILES string of the molecule is NC(=O)c1ncc2cc(I)ccc2c1O. The third-order valence-electron chi connectivity index (χ3n) is 2.06. The van der Waals surface area contributed by atoms with Crippen molar-refractivity contribution in [3.05, 3.63) is 33.7 Å². The van der Waals surface area contributed by atoms with Crippen molar-refractivity contribution in [3.63, 3.8) is 0 Å². The molecule has 1 aromatic heterocycles. The number of benzene rings is 1. The van der Waals surface area contributed by atoms with Crippen LogP contribution in [0.25, 0.3) is 10.8 Å². The molecule has 0 saturated carbocycles. The van der Waals surface area contributed by atoms with Crippen LogP contribution in [0.2, 0.25) is 0 Å². The summed E-state index contributed by atoms with van der Waals surface area (Å²) in [7, 11) is 0. The van der Waals surface area contributed by atoms with Gasteiger partial charge in [-0.1, -0.05) is 0 Å². The highest BCUT2D eigenvalue weighted by atomic mass is 127. The van der Waals surface area contributed by atoms with E-state index >= 15 is 0 Å². The Morgan fingerprint density at radius 1 is 1.47 bits per heavy atom. The lowest BCUT2D eigenvalue weighted by Crippen LogP contribution is -2.13. The molecule has 4 nitrogen and oxygen atoms in total. The monoisotopic (exact) mass is 314 g/mol. The van der Waals surface area contributed by atoms with E-state index in [1.54, 1.807) is 6.07 Å². The molecule has 3 N–H and O–H groups in total. The van der Waals surface area contributed by atoms with Crippen molar-refractivity contribution in [2.45, 2.75) is 0 Å². The first-order valence-electron chi connectivity index (χ1n) is 4.16. The molecule has 1 aromatic carbocycles. The lowest BCUT2D eigenvalue weighted by molar-refractivity contribution is 0.0993. The molecule has 0 aliphatic carbocycles. The second-order valence-corrected chi connectivity index (χ2v) is 4.30. The number of amides is 1. The van der Waals surface area contributed by atoms with Gasteiger partial charge in [0.25, 0.3) is 5.91 Å². The van der Waals surface area contributed by atoms with Gasteiger partial charge in [-0.05, 0) is 40.8 Å². The number of fused-ring (bicyclic) bond motifs is 1. The van der Waals surface area contributed by atoms with Crippen LogP contribution in [0.4, 0.5) is 0 Å². The van der Waals surface area contributed by atoms with Crippen LogP contribution in [-0.2, 0) is 0 Å². The maximum atomic E-state index is 10.9. The van der Waals surface area contributed by atoms with Crippen LogP contribution in [0.1, 0.15) is 10.5 Å². The van der Waals surface area contributed by atoms with E-state index in [9.17, 15) is 9.90 Å². The molecule has 0 bridgehead atoms. The molecule has 0 unspecified atom stereocenters. The van der Waals surface area contributed by atoms with Crippen LogP contribution in [0.3, 0.4) is 0 Å². The zero-order valence-corrected chi connectivity index (χ0v) is 9.72. The van der Waals surface area contributed by atoms with Gasteiger partial charge >= 0.3 is 0 Å². The maximum Gasteiger partial charge on any atom is 0.271 e. The van der Waals surface area contributed by atoms with Crippen LogP contribution in [-0.4, -0.2) is 16.0 Å². The van der Waals surface area contributed by atoms with Gasteiger partial charge in [-0.15, -0.1) is 0 Å². The van der Waals surface area contributed by atoms with Gasteiger partial charge in [0.2, 0.25) is 0 Å². The first-order chi connectivity index (χ1) is 7.09. The Balaban J connectivity index is 2.80. The molecule has 2 aromatic rings. The van der Waals surface area contributed by atoms with Gasteiger partial charge in [0.05, 0.1) is 0 Å². The first kappa shape index (κ1) is 10.2. The Kier molecular flexibility index (Phi) is 2.47. The molecular weight excluding hydrogens is 307 g/mol. The molecule has 0 atom stereocenters. The minimum Gasteiger partial charge on any atom is -0.505 e. The molecule has 76 valence electrons. The van der Waals surface area contributed by atoms with Crippen molar-refractivity contribution in [3.8, 4) is 5.75 Å². The summed E-state index contributed by atoms with van der Waals surface area (Å²) in [5.41, 5.74) is 4.98. The number of carbonyl (C=O) groups excluding carboxylic acids is 1. The summed E-state index contributed by atoms with van der Waals surface area (Å²) in [6.07, 6.45) is 1.53. The molecule has 0 saturated heterocycles. The van der Waals surface area contributed by atoms with Crippen molar-refractivity contribution in [2.24, 2.45) is 5.73 Å². The molecule has 0 aliphatic heterocycles. The Hall–Kier alpha value is -1.37. The van der Waals surface area contributed by atoms with Gasteiger partial charge in [-0.3, -0.25) is 4.79 Å². The molecule has 0 spiro atoms. The van der Waals surface area contributed by atoms with E-state index in [0.717, 1.165) is 8.96 Å². The molecule has 0 aliphatic rings. The standard InChI is InChI=1S/C10H7IN2O2/c11-6-1-2-7-5(3-6)4-13-8(9(7)14)10(12)15/h1-4,14H,(H2,12,15). The number of primary amides is 1. The van der Waals surface area contributed by atoms with Crippen LogP contribution in [0, 0.1) is 3.57 Å². The second-order valence-electron chi connectivity index (χ2n) is 3.05. The Labute approximate surface area is 99.3 Å². The van der Waals surface area contributed by atoms with E-state index in [0.29, 0.717) is 5.39 Å². The molecule has 1 amide bonds. The lowest BCUT2D eigenvalue weighted by atomic mass is 10.1. The van der Waals surface area contributed by atoms with Crippen molar-refractivity contribution < 1.29 is 9.90 Å². The van der Waals surface area contributed by atoms with E-state index in [1.165, 1.54) is 6.20 Å². The van der Waals surface area contributed by atoms with Crippen LogP contribution < -0.4 is 5.73 Å². The normalized spacial score (nSPS) is 10.5. The number of halogens is 1. The van der Waals surface area contributed by atoms with Gasteiger partial charge < -0.3 is 10.8 Å². The fourth-order valence-electron chi connectivity index (χ4n) is 1.36. The second kappa shape index (κ2) is 3.65. The first-order valence-corrected chi connectivity index (χ1v) is 5.24. The number of hydrogen-bond acceptors (Lipinski definition) is 3. The molecule has 1 heterocycles. The zero-order valence-electron chi connectivity index (χ0n) is 7.57. The Morgan fingerprint density at radius 3 is 2.87 bits per heavy atom. The highest BCUT2D eigenvalue weighted by molar-refractivity contribution is 14.1. The van der Waals surface area contributed by atoms with E-state index in [2.05, 4.69) is 27.6 Å². The summed E-state index contributed by atoms with van der Waals surface area (Å²) in [5.74, 6) is -0.885.